The van der Waals surface area contributed by atoms with Gasteiger partial charge in [-0.2, -0.15) is 0 Å². The first-order valence-electron chi connectivity index (χ1n) is 9.57. The van der Waals surface area contributed by atoms with Crippen LogP contribution in [0.2, 0.25) is 0 Å². The van der Waals surface area contributed by atoms with Gasteiger partial charge in [0.2, 0.25) is 5.91 Å². The Morgan fingerprint density at radius 3 is 2.38 bits per heavy atom. The third kappa shape index (κ3) is 7.91. The summed E-state index contributed by atoms with van der Waals surface area (Å²) >= 11 is 8.41. The van der Waals surface area contributed by atoms with E-state index in [1.165, 1.54) is 0 Å². The smallest absolute Gasteiger partial charge is 0.269 e. The Hall–Kier alpha value is -3.02. The predicted octanol–water partition coefficient (Wildman–Crippen LogP) is 2.77. The van der Waals surface area contributed by atoms with Crippen LogP contribution in [-0.4, -0.2) is 43.2 Å². The van der Waals surface area contributed by atoms with E-state index in [2.05, 4.69) is 37.4 Å². The van der Waals surface area contributed by atoms with E-state index in [4.69, 9.17) is 21.7 Å². The third-order valence-electron chi connectivity index (χ3n) is 4.00. The number of amides is 3. The lowest BCUT2D eigenvalue weighted by Crippen LogP contribution is -2.48. The van der Waals surface area contributed by atoms with Crippen LogP contribution in [0.3, 0.4) is 0 Å². The first kappa shape index (κ1) is 25.2. The number of carbonyl (C=O) groups is 3. The molecule has 2 rings (SSSR count). The van der Waals surface area contributed by atoms with Crippen LogP contribution < -0.4 is 26.2 Å². The van der Waals surface area contributed by atoms with E-state index in [1.54, 1.807) is 56.5 Å². The topological polar surface area (TPSA) is 118 Å². The number of anilines is 1. The summed E-state index contributed by atoms with van der Waals surface area (Å²) < 4.78 is 11.2. The minimum atomic E-state index is -0.513. The zero-order valence-electron chi connectivity index (χ0n) is 17.5. The van der Waals surface area contributed by atoms with Gasteiger partial charge < -0.3 is 14.8 Å². The molecule has 0 aliphatic rings. The van der Waals surface area contributed by atoms with Crippen LogP contribution >= 0.6 is 28.1 Å². The zero-order chi connectivity index (χ0) is 23.5. The number of hydrazine groups is 1. The molecule has 0 radical (unpaired) electrons. The second-order valence-corrected chi connectivity index (χ2v) is 7.65. The molecule has 0 aliphatic carbocycles. The van der Waals surface area contributed by atoms with Crippen LogP contribution in [-0.2, 0) is 9.53 Å². The number of thiocarbonyl (C=S) groups is 1. The summed E-state index contributed by atoms with van der Waals surface area (Å²) in [4.78, 5) is 36.3. The Balaban J connectivity index is 1.91. The molecular formula is C21H23BrN4O5S. The summed E-state index contributed by atoms with van der Waals surface area (Å²) in [6.07, 6.45) is 0.357. The zero-order valence-corrected chi connectivity index (χ0v) is 19.9. The average Bonchev–Trinajstić information content (AvgIpc) is 2.78. The quantitative estimate of drug-likeness (QED) is 0.239. The summed E-state index contributed by atoms with van der Waals surface area (Å²) in [5.74, 6) is -0.741. The lowest BCUT2D eigenvalue weighted by molar-refractivity contribution is -0.115. The second kappa shape index (κ2) is 12.7. The van der Waals surface area contributed by atoms with Crippen molar-refractivity contribution < 1.29 is 23.9 Å². The number of nitrogens with one attached hydrogen (secondary N) is 4. The van der Waals surface area contributed by atoms with Crippen LogP contribution in [0.25, 0.3) is 0 Å². The van der Waals surface area contributed by atoms with E-state index in [-0.39, 0.29) is 23.2 Å². The van der Waals surface area contributed by atoms with Gasteiger partial charge in [0.1, 0.15) is 12.4 Å². The van der Waals surface area contributed by atoms with E-state index in [9.17, 15) is 14.4 Å². The molecule has 9 nitrogen and oxygen atoms in total. The molecule has 0 atom stereocenters. The van der Waals surface area contributed by atoms with Gasteiger partial charge in [-0.1, -0.05) is 22.9 Å². The van der Waals surface area contributed by atoms with Crippen molar-refractivity contribution in [2.45, 2.75) is 13.3 Å². The molecule has 4 N–H and O–H groups in total. The summed E-state index contributed by atoms with van der Waals surface area (Å²) in [6, 6.07) is 11.3. The monoisotopic (exact) mass is 522 g/mol. The van der Waals surface area contributed by atoms with Crippen LogP contribution in [0.4, 0.5) is 5.69 Å². The molecule has 170 valence electrons. The number of hydrogen-bond acceptors (Lipinski definition) is 6. The maximum Gasteiger partial charge on any atom is 0.269 e. The van der Waals surface area contributed by atoms with Crippen LogP contribution in [0.1, 0.15) is 34.1 Å². The minimum absolute atomic E-state index is 0.0991. The van der Waals surface area contributed by atoms with Gasteiger partial charge in [0, 0.05) is 29.3 Å². The third-order valence-corrected chi connectivity index (χ3v) is 4.70. The van der Waals surface area contributed by atoms with E-state index in [0.717, 1.165) is 0 Å². The Morgan fingerprint density at radius 2 is 1.72 bits per heavy atom. The molecule has 11 heteroatoms. The van der Waals surface area contributed by atoms with Gasteiger partial charge in [0.15, 0.2) is 5.11 Å². The highest BCUT2D eigenvalue weighted by Crippen LogP contribution is 2.23. The van der Waals surface area contributed by atoms with Crippen molar-refractivity contribution in [3.63, 3.8) is 0 Å². The van der Waals surface area contributed by atoms with E-state index in [1.807, 2.05) is 0 Å². The number of carbonyl (C=O) groups excluding carboxylic acids is 3. The molecular weight excluding hydrogens is 500 g/mol. The number of benzene rings is 2. The molecule has 32 heavy (non-hydrogen) atoms. The molecule has 0 bridgehead atoms. The SMILES string of the molecule is CCC(=O)Nc1ccc(C(=O)NNC(=S)NC(=O)c2cc(Br)ccc2OCCOC)cc1. The van der Waals surface area contributed by atoms with Gasteiger partial charge in [-0.25, -0.2) is 0 Å². The minimum Gasteiger partial charge on any atom is -0.490 e. The number of ether oxygens (including phenoxy) is 2. The van der Waals surface area contributed by atoms with E-state index >= 15 is 0 Å². The van der Waals surface area contributed by atoms with Gasteiger partial charge >= 0.3 is 0 Å². The Bertz CT molecular complexity index is 985. The molecule has 0 spiro atoms. The Morgan fingerprint density at radius 1 is 1.00 bits per heavy atom. The van der Waals surface area contributed by atoms with Crippen LogP contribution in [0, 0.1) is 0 Å². The van der Waals surface area contributed by atoms with E-state index in [0.29, 0.717) is 34.5 Å². The number of rotatable bonds is 8. The molecule has 2 aromatic rings. The lowest BCUT2D eigenvalue weighted by atomic mass is 10.2. The van der Waals surface area contributed by atoms with Crippen LogP contribution in [0.15, 0.2) is 46.9 Å². The maximum atomic E-state index is 12.6. The molecule has 3 amide bonds. The molecule has 0 saturated heterocycles. The second-order valence-electron chi connectivity index (χ2n) is 6.32. The normalized spacial score (nSPS) is 10.1. The molecule has 0 fully saturated rings. The first-order chi connectivity index (χ1) is 15.3. The fraction of sp³-hybridized carbons (Fsp3) is 0.238. The molecule has 0 aliphatic heterocycles. The van der Waals surface area contributed by atoms with Crippen molar-refractivity contribution in [2.24, 2.45) is 0 Å². The predicted molar refractivity (Wildman–Crippen MR) is 128 cm³/mol. The summed E-state index contributed by atoms with van der Waals surface area (Å²) in [7, 11) is 1.55. The van der Waals surface area contributed by atoms with E-state index < -0.39 is 11.8 Å². The maximum absolute atomic E-state index is 12.6. The number of hydrogen-bond donors (Lipinski definition) is 4. The molecule has 2 aromatic carbocycles. The summed E-state index contributed by atoms with van der Waals surface area (Å²) in [5.41, 5.74) is 6.07. The van der Waals surface area contributed by atoms with Gasteiger partial charge in [-0.3, -0.25) is 30.6 Å². The van der Waals surface area contributed by atoms with Crippen molar-refractivity contribution in [3.8, 4) is 5.75 Å². The summed E-state index contributed by atoms with van der Waals surface area (Å²) in [6.45, 7) is 2.39. The molecule has 0 saturated carbocycles. The van der Waals surface area contributed by atoms with Crippen molar-refractivity contribution >= 4 is 56.7 Å². The summed E-state index contributed by atoms with van der Waals surface area (Å²) in [5, 5.41) is 5.08. The van der Waals surface area contributed by atoms with Gasteiger partial charge in [-0.15, -0.1) is 0 Å². The van der Waals surface area contributed by atoms with Crippen molar-refractivity contribution in [2.75, 3.05) is 25.6 Å². The standard InChI is InChI=1S/C21H23BrN4O5S/c1-3-18(27)23-15-7-4-13(5-8-15)19(28)25-26-21(32)24-20(29)16-12-14(22)6-9-17(16)31-11-10-30-2/h4-9,12H,3,10-11H2,1-2H3,(H,23,27)(H,25,28)(H2,24,26,29,32). The Labute approximate surface area is 199 Å². The average molecular weight is 523 g/mol. The van der Waals surface area contributed by atoms with Gasteiger partial charge in [0.05, 0.1) is 12.2 Å². The molecule has 0 aromatic heterocycles. The van der Waals surface area contributed by atoms with Crippen molar-refractivity contribution in [1.82, 2.24) is 16.2 Å². The van der Waals surface area contributed by atoms with Crippen molar-refractivity contribution in [1.29, 1.82) is 0 Å². The van der Waals surface area contributed by atoms with Crippen molar-refractivity contribution in [3.05, 3.63) is 58.1 Å². The van der Waals surface area contributed by atoms with Gasteiger partial charge in [0.25, 0.3) is 11.8 Å². The molecule has 0 heterocycles. The highest BCUT2D eigenvalue weighted by Gasteiger charge is 2.15. The fourth-order valence-corrected chi connectivity index (χ4v) is 2.89. The van der Waals surface area contributed by atoms with Gasteiger partial charge in [-0.05, 0) is 54.7 Å². The largest absolute Gasteiger partial charge is 0.490 e. The highest BCUT2D eigenvalue weighted by molar-refractivity contribution is 9.10. The molecule has 0 unspecified atom stereocenters. The number of halogens is 1. The lowest BCUT2D eigenvalue weighted by Gasteiger charge is -2.14. The fourth-order valence-electron chi connectivity index (χ4n) is 2.38. The Kier molecular flexibility index (Phi) is 10.1. The highest BCUT2D eigenvalue weighted by atomic mass is 79.9. The van der Waals surface area contributed by atoms with Crippen LogP contribution in [0.5, 0.6) is 5.75 Å². The number of methoxy groups -OCH3 is 1. The first-order valence-corrected chi connectivity index (χ1v) is 10.8.